The minimum absolute atomic E-state index is 0.0374. The second-order valence-electron chi connectivity index (χ2n) is 7.32. The van der Waals surface area contributed by atoms with Crippen LogP contribution in [0.2, 0.25) is 0 Å². The van der Waals surface area contributed by atoms with Crippen LogP contribution in [0.1, 0.15) is 37.6 Å². The maximum Gasteiger partial charge on any atom is 0.232 e. The first-order valence-electron chi connectivity index (χ1n) is 8.07. The highest BCUT2D eigenvalue weighted by Gasteiger charge is 2.23. The summed E-state index contributed by atoms with van der Waals surface area (Å²) in [5, 5.41) is 1.15. The molecule has 3 aromatic rings. The van der Waals surface area contributed by atoms with Gasteiger partial charge in [0.05, 0.1) is 11.2 Å². The molecule has 0 fully saturated rings. The molecular formula is C21H23NO. The highest BCUT2D eigenvalue weighted by atomic mass is 16.2. The standard InChI is InChI=1S/C21H23NO/c1-15-17-12-8-9-13-18(17)22(19(23)14-21(2,3)4)20(15)16-10-6-5-7-11-16/h5-13H,14H2,1-4H3. The molecule has 0 saturated carbocycles. The van der Waals surface area contributed by atoms with Gasteiger partial charge in [-0.1, -0.05) is 69.3 Å². The van der Waals surface area contributed by atoms with Crippen LogP contribution in [0, 0.1) is 12.3 Å². The number of hydrogen-bond acceptors (Lipinski definition) is 1. The summed E-state index contributed by atoms with van der Waals surface area (Å²) in [6.45, 7) is 8.41. The van der Waals surface area contributed by atoms with Gasteiger partial charge in [0.15, 0.2) is 0 Å². The van der Waals surface area contributed by atoms with Gasteiger partial charge in [-0.05, 0) is 29.5 Å². The zero-order valence-corrected chi connectivity index (χ0v) is 14.3. The van der Waals surface area contributed by atoms with E-state index in [1.165, 1.54) is 0 Å². The summed E-state index contributed by atoms with van der Waals surface area (Å²) in [7, 11) is 0. The Morgan fingerprint density at radius 1 is 0.957 bits per heavy atom. The van der Waals surface area contributed by atoms with E-state index < -0.39 is 0 Å². The van der Waals surface area contributed by atoms with E-state index >= 15 is 0 Å². The molecule has 2 nitrogen and oxygen atoms in total. The molecule has 3 rings (SSSR count). The van der Waals surface area contributed by atoms with Crippen LogP contribution in [-0.2, 0) is 0 Å². The number of benzene rings is 2. The molecule has 2 aromatic carbocycles. The van der Waals surface area contributed by atoms with Crippen molar-refractivity contribution in [1.82, 2.24) is 4.57 Å². The van der Waals surface area contributed by atoms with Crippen LogP contribution >= 0.6 is 0 Å². The lowest BCUT2D eigenvalue weighted by Gasteiger charge is -2.19. The minimum Gasteiger partial charge on any atom is -0.280 e. The SMILES string of the molecule is Cc1c(-c2ccccc2)n(C(=O)CC(C)(C)C)c2ccccc12. The summed E-state index contributed by atoms with van der Waals surface area (Å²) < 4.78 is 1.91. The van der Waals surface area contributed by atoms with Crippen LogP contribution < -0.4 is 0 Å². The highest BCUT2D eigenvalue weighted by molar-refractivity contribution is 6.01. The molecule has 1 heterocycles. The van der Waals surface area contributed by atoms with E-state index in [4.69, 9.17) is 0 Å². The molecule has 0 radical (unpaired) electrons. The van der Waals surface area contributed by atoms with Gasteiger partial charge in [0.1, 0.15) is 0 Å². The number of aryl methyl sites for hydroxylation is 1. The summed E-state index contributed by atoms with van der Waals surface area (Å²) in [6.07, 6.45) is 0.519. The molecule has 0 N–H and O–H groups in total. The minimum atomic E-state index is -0.0374. The van der Waals surface area contributed by atoms with Crippen molar-refractivity contribution in [3.05, 3.63) is 60.2 Å². The number of nitrogens with zero attached hydrogens (tertiary/aromatic N) is 1. The van der Waals surface area contributed by atoms with Gasteiger partial charge in [-0.3, -0.25) is 9.36 Å². The van der Waals surface area contributed by atoms with E-state index in [-0.39, 0.29) is 11.3 Å². The Balaban J connectivity index is 2.28. The molecule has 23 heavy (non-hydrogen) atoms. The molecule has 1 aromatic heterocycles. The fourth-order valence-corrected chi connectivity index (χ4v) is 3.13. The van der Waals surface area contributed by atoms with Crippen LogP contribution in [0.3, 0.4) is 0 Å². The van der Waals surface area contributed by atoms with Gasteiger partial charge in [0, 0.05) is 11.8 Å². The average molecular weight is 305 g/mol. The summed E-state index contributed by atoms with van der Waals surface area (Å²) in [4.78, 5) is 13.0. The second kappa shape index (κ2) is 5.69. The van der Waals surface area contributed by atoms with Crippen LogP contribution in [0.25, 0.3) is 22.2 Å². The van der Waals surface area contributed by atoms with Crippen molar-refractivity contribution in [3.8, 4) is 11.3 Å². The predicted octanol–water partition coefficient (Wildman–Crippen LogP) is 5.69. The van der Waals surface area contributed by atoms with E-state index in [1.807, 2.05) is 41.0 Å². The number of carbonyl (C=O) groups is 1. The zero-order chi connectivity index (χ0) is 16.6. The van der Waals surface area contributed by atoms with Gasteiger partial charge in [0.2, 0.25) is 5.91 Å². The van der Waals surface area contributed by atoms with Crippen molar-refractivity contribution in [2.45, 2.75) is 34.1 Å². The Morgan fingerprint density at radius 2 is 1.57 bits per heavy atom. The molecule has 0 amide bonds. The maximum absolute atomic E-state index is 13.0. The van der Waals surface area contributed by atoms with E-state index in [2.05, 4.69) is 45.9 Å². The zero-order valence-electron chi connectivity index (χ0n) is 14.3. The lowest BCUT2D eigenvalue weighted by Crippen LogP contribution is -2.19. The number of hydrogen-bond donors (Lipinski definition) is 0. The topological polar surface area (TPSA) is 22.0 Å². The quantitative estimate of drug-likeness (QED) is 0.596. The summed E-state index contributed by atoms with van der Waals surface area (Å²) in [5.41, 5.74) is 4.22. The van der Waals surface area contributed by atoms with Gasteiger partial charge in [-0.15, -0.1) is 0 Å². The lowest BCUT2D eigenvalue weighted by molar-refractivity contribution is 0.0864. The van der Waals surface area contributed by atoms with E-state index in [0.717, 1.165) is 27.7 Å². The molecule has 0 bridgehead atoms. The number of rotatable bonds is 2. The van der Waals surface area contributed by atoms with E-state index in [9.17, 15) is 4.79 Å². The van der Waals surface area contributed by atoms with Crippen molar-refractivity contribution in [1.29, 1.82) is 0 Å². The smallest absolute Gasteiger partial charge is 0.232 e. The molecule has 0 saturated heterocycles. The number of carbonyl (C=O) groups excluding carboxylic acids is 1. The van der Waals surface area contributed by atoms with Crippen molar-refractivity contribution in [2.24, 2.45) is 5.41 Å². The third kappa shape index (κ3) is 2.94. The lowest BCUT2D eigenvalue weighted by atomic mass is 9.92. The Labute approximate surface area is 137 Å². The first kappa shape index (κ1) is 15.5. The van der Waals surface area contributed by atoms with E-state index in [1.54, 1.807) is 0 Å². The molecular weight excluding hydrogens is 282 g/mol. The Morgan fingerprint density at radius 3 is 2.22 bits per heavy atom. The summed E-state index contributed by atoms with van der Waals surface area (Å²) in [5.74, 6) is 0.153. The van der Waals surface area contributed by atoms with Gasteiger partial charge >= 0.3 is 0 Å². The van der Waals surface area contributed by atoms with E-state index in [0.29, 0.717) is 6.42 Å². The number of aromatic nitrogens is 1. The highest BCUT2D eigenvalue weighted by Crippen LogP contribution is 2.34. The normalized spacial score (nSPS) is 11.8. The Hall–Kier alpha value is -2.35. The second-order valence-corrected chi connectivity index (χ2v) is 7.32. The summed E-state index contributed by atoms with van der Waals surface area (Å²) in [6, 6.07) is 18.3. The van der Waals surface area contributed by atoms with Crippen molar-refractivity contribution in [3.63, 3.8) is 0 Å². The maximum atomic E-state index is 13.0. The molecule has 0 aliphatic heterocycles. The van der Waals surface area contributed by atoms with Crippen LogP contribution in [0.15, 0.2) is 54.6 Å². The van der Waals surface area contributed by atoms with Gasteiger partial charge in [-0.25, -0.2) is 0 Å². The van der Waals surface area contributed by atoms with Gasteiger partial charge in [0.25, 0.3) is 0 Å². The molecule has 0 unspecified atom stereocenters. The first-order valence-corrected chi connectivity index (χ1v) is 8.07. The van der Waals surface area contributed by atoms with Gasteiger partial charge < -0.3 is 0 Å². The largest absolute Gasteiger partial charge is 0.280 e. The van der Waals surface area contributed by atoms with Crippen molar-refractivity contribution < 1.29 is 4.79 Å². The van der Waals surface area contributed by atoms with Gasteiger partial charge in [-0.2, -0.15) is 0 Å². The fraction of sp³-hybridized carbons (Fsp3) is 0.286. The third-order valence-corrected chi connectivity index (χ3v) is 4.11. The Kier molecular flexibility index (Phi) is 3.85. The molecule has 118 valence electrons. The predicted molar refractivity (Wildman–Crippen MR) is 96.8 cm³/mol. The number of fused-ring (bicyclic) bond motifs is 1. The first-order chi connectivity index (χ1) is 10.9. The van der Waals surface area contributed by atoms with Crippen molar-refractivity contribution >= 4 is 16.8 Å². The number of para-hydroxylation sites is 1. The molecule has 0 aliphatic rings. The third-order valence-electron chi connectivity index (χ3n) is 4.11. The fourth-order valence-electron chi connectivity index (χ4n) is 3.13. The average Bonchev–Trinajstić information content (AvgIpc) is 2.80. The summed E-state index contributed by atoms with van der Waals surface area (Å²) >= 11 is 0. The molecule has 0 atom stereocenters. The molecule has 0 spiro atoms. The van der Waals surface area contributed by atoms with Crippen LogP contribution in [-0.4, -0.2) is 10.5 Å². The molecule has 0 aliphatic carbocycles. The van der Waals surface area contributed by atoms with Crippen LogP contribution in [0.4, 0.5) is 0 Å². The Bertz CT molecular complexity index is 851. The monoisotopic (exact) mass is 305 g/mol. The van der Waals surface area contributed by atoms with Crippen LogP contribution in [0.5, 0.6) is 0 Å². The van der Waals surface area contributed by atoms with Crippen molar-refractivity contribution in [2.75, 3.05) is 0 Å². The molecule has 2 heteroatoms.